The lowest BCUT2D eigenvalue weighted by atomic mass is 10.2. The summed E-state index contributed by atoms with van der Waals surface area (Å²) < 4.78 is 2.01. The lowest BCUT2D eigenvalue weighted by Gasteiger charge is -2.24. The summed E-state index contributed by atoms with van der Waals surface area (Å²) in [6.45, 7) is 6.26. The van der Waals surface area contributed by atoms with E-state index in [1.54, 1.807) is 12.2 Å². The fraction of sp³-hybridized carbons (Fsp3) is 0.389. The van der Waals surface area contributed by atoms with E-state index in [0.717, 1.165) is 35.3 Å². The minimum absolute atomic E-state index is 0.253. The van der Waals surface area contributed by atoms with E-state index in [9.17, 15) is 0 Å². The Morgan fingerprint density at radius 2 is 1.83 bits per heavy atom. The Morgan fingerprint density at radius 1 is 1.12 bits per heavy atom. The molecule has 0 spiro atoms. The molecule has 0 aromatic heterocycles. The minimum Gasteiger partial charge on any atom is -0.316 e. The molecule has 2 aliphatic rings. The second kappa shape index (κ2) is 6.57. The van der Waals surface area contributed by atoms with Crippen LogP contribution in [-0.4, -0.2) is 26.6 Å². The SMILES string of the molecule is CCc1nc(N(OC)c2ccccc2)c2nc(C(C)C)nc-2n1C. The predicted molar refractivity (Wildman–Crippen MR) is 94.5 cm³/mol. The molecule has 0 N–H and O–H groups in total. The Bertz CT molecular complexity index is 797. The van der Waals surface area contributed by atoms with Crippen LogP contribution in [0.2, 0.25) is 0 Å². The number of para-hydroxylation sites is 1. The maximum absolute atomic E-state index is 5.63. The summed E-state index contributed by atoms with van der Waals surface area (Å²) in [7, 11) is 3.62. The van der Waals surface area contributed by atoms with Crippen molar-refractivity contribution in [3.63, 3.8) is 0 Å². The topological polar surface area (TPSA) is 56.1 Å². The van der Waals surface area contributed by atoms with Crippen LogP contribution in [0, 0.1) is 0 Å². The van der Waals surface area contributed by atoms with E-state index in [2.05, 4.69) is 20.8 Å². The molecule has 6 heteroatoms. The molecule has 2 aliphatic heterocycles. The molecule has 2 heterocycles. The highest BCUT2D eigenvalue weighted by Gasteiger charge is 2.26. The van der Waals surface area contributed by atoms with Gasteiger partial charge in [-0.1, -0.05) is 39.0 Å². The van der Waals surface area contributed by atoms with Crippen LogP contribution in [0.5, 0.6) is 0 Å². The normalized spacial score (nSPS) is 11.4. The van der Waals surface area contributed by atoms with Gasteiger partial charge >= 0.3 is 0 Å². The van der Waals surface area contributed by atoms with Gasteiger partial charge in [0.15, 0.2) is 17.3 Å². The van der Waals surface area contributed by atoms with Gasteiger partial charge in [0.05, 0.1) is 12.8 Å². The molecule has 24 heavy (non-hydrogen) atoms. The van der Waals surface area contributed by atoms with Gasteiger partial charge in [-0.3, -0.25) is 4.84 Å². The Balaban J connectivity index is 2.24. The van der Waals surface area contributed by atoms with Crippen LogP contribution in [0.3, 0.4) is 0 Å². The van der Waals surface area contributed by atoms with Crippen LogP contribution in [0.1, 0.15) is 38.3 Å². The molecule has 0 radical (unpaired) electrons. The first kappa shape index (κ1) is 16.4. The molecular weight excluding hydrogens is 302 g/mol. The number of imidazole rings is 1. The third-order valence-corrected chi connectivity index (χ3v) is 4.01. The van der Waals surface area contributed by atoms with Crippen LogP contribution in [0.4, 0.5) is 11.5 Å². The van der Waals surface area contributed by atoms with Gasteiger partial charge in [-0.2, -0.15) is 0 Å². The number of hydrogen-bond donors (Lipinski definition) is 0. The lowest BCUT2D eigenvalue weighted by molar-refractivity contribution is 0.199. The average molecular weight is 325 g/mol. The fourth-order valence-corrected chi connectivity index (χ4v) is 2.70. The van der Waals surface area contributed by atoms with Crippen molar-refractivity contribution >= 4 is 11.5 Å². The average Bonchev–Trinajstić information content (AvgIpc) is 3.05. The zero-order chi connectivity index (χ0) is 17.3. The quantitative estimate of drug-likeness (QED) is 0.670. The molecule has 0 atom stereocenters. The third-order valence-electron chi connectivity index (χ3n) is 4.01. The highest BCUT2D eigenvalue weighted by atomic mass is 16.7. The number of aryl methyl sites for hydroxylation is 1. The van der Waals surface area contributed by atoms with Crippen LogP contribution >= 0.6 is 0 Å². The smallest absolute Gasteiger partial charge is 0.189 e. The summed E-state index contributed by atoms with van der Waals surface area (Å²) in [5, 5.41) is 1.71. The van der Waals surface area contributed by atoms with E-state index in [0.29, 0.717) is 5.82 Å². The lowest BCUT2D eigenvalue weighted by Crippen LogP contribution is -2.21. The number of rotatable bonds is 5. The van der Waals surface area contributed by atoms with Crippen LogP contribution in [0.25, 0.3) is 11.5 Å². The van der Waals surface area contributed by atoms with Crippen LogP contribution in [0.15, 0.2) is 30.3 Å². The highest BCUT2D eigenvalue weighted by molar-refractivity contribution is 5.73. The monoisotopic (exact) mass is 325 g/mol. The van der Waals surface area contributed by atoms with Crippen molar-refractivity contribution < 1.29 is 4.84 Å². The molecule has 0 fully saturated rings. The van der Waals surface area contributed by atoms with Crippen molar-refractivity contribution in [3.05, 3.63) is 42.0 Å². The van der Waals surface area contributed by atoms with E-state index in [4.69, 9.17) is 19.8 Å². The number of anilines is 2. The first-order chi connectivity index (χ1) is 11.6. The summed E-state index contributed by atoms with van der Waals surface area (Å²) in [5.41, 5.74) is 1.66. The van der Waals surface area contributed by atoms with E-state index in [-0.39, 0.29) is 5.92 Å². The molecule has 0 saturated carbocycles. The number of hydrogen-bond acceptors (Lipinski definition) is 5. The Labute approximate surface area is 142 Å². The van der Waals surface area contributed by atoms with Gasteiger partial charge in [0, 0.05) is 19.4 Å². The molecule has 0 amide bonds. The Kier molecular flexibility index (Phi) is 4.49. The number of aromatic nitrogens is 4. The molecule has 0 saturated heterocycles. The molecule has 0 bridgehead atoms. The number of nitrogens with zero attached hydrogens (tertiary/aromatic N) is 5. The predicted octanol–water partition coefficient (Wildman–Crippen LogP) is 3.70. The van der Waals surface area contributed by atoms with Crippen molar-refractivity contribution in [1.82, 2.24) is 19.5 Å². The summed E-state index contributed by atoms with van der Waals surface area (Å²) in [5.74, 6) is 3.52. The van der Waals surface area contributed by atoms with Gasteiger partial charge in [-0.25, -0.2) is 20.0 Å². The van der Waals surface area contributed by atoms with Gasteiger partial charge in [-0.15, -0.1) is 0 Å². The maximum atomic E-state index is 5.63. The molecule has 126 valence electrons. The first-order valence-corrected chi connectivity index (χ1v) is 8.19. The fourth-order valence-electron chi connectivity index (χ4n) is 2.70. The summed E-state index contributed by atoms with van der Waals surface area (Å²) >= 11 is 0. The van der Waals surface area contributed by atoms with Crippen LogP contribution < -0.4 is 5.06 Å². The van der Waals surface area contributed by atoms with E-state index in [1.807, 2.05) is 41.9 Å². The van der Waals surface area contributed by atoms with E-state index < -0.39 is 0 Å². The van der Waals surface area contributed by atoms with E-state index >= 15 is 0 Å². The van der Waals surface area contributed by atoms with Crippen molar-refractivity contribution in [3.8, 4) is 11.5 Å². The van der Waals surface area contributed by atoms with Crippen molar-refractivity contribution in [2.75, 3.05) is 12.2 Å². The molecule has 0 aliphatic carbocycles. The largest absolute Gasteiger partial charge is 0.316 e. The zero-order valence-corrected chi connectivity index (χ0v) is 14.8. The number of benzene rings is 1. The molecular formula is C18H23N5O. The van der Waals surface area contributed by atoms with Crippen molar-refractivity contribution in [2.24, 2.45) is 7.05 Å². The molecule has 3 rings (SSSR count). The second-order valence-electron chi connectivity index (χ2n) is 5.99. The third kappa shape index (κ3) is 2.73. The van der Waals surface area contributed by atoms with E-state index in [1.165, 1.54) is 0 Å². The first-order valence-electron chi connectivity index (χ1n) is 8.19. The van der Waals surface area contributed by atoms with Gasteiger partial charge in [0.2, 0.25) is 0 Å². The van der Waals surface area contributed by atoms with Crippen LogP contribution in [-0.2, 0) is 18.3 Å². The van der Waals surface area contributed by atoms with Gasteiger partial charge in [0.25, 0.3) is 0 Å². The van der Waals surface area contributed by atoms with Gasteiger partial charge < -0.3 is 4.57 Å². The highest BCUT2D eigenvalue weighted by Crippen LogP contribution is 2.35. The molecule has 1 aromatic carbocycles. The Hall–Kier alpha value is -2.47. The van der Waals surface area contributed by atoms with Crippen molar-refractivity contribution in [2.45, 2.75) is 33.1 Å². The summed E-state index contributed by atoms with van der Waals surface area (Å²) in [6.07, 6.45) is 0.801. The number of fused-ring (bicyclic) bond motifs is 1. The molecule has 0 unspecified atom stereocenters. The summed E-state index contributed by atoms with van der Waals surface area (Å²) in [6, 6.07) is 9.88. The Morgan fingerprint density at radius 3 is 2.42 bits per heavy atom. The van der Waals surface area contributed by atoms with Gasteiger partial charge in [-0.05, 0) is 12.1 Å². The minimum atomic E-state index is 0.253. The second-order valence-corrected chi connectivity index (χ2v) is 5.99. The van der Waals surface area contributed by atoms with Gasteiger partial charge in [0.1, 0.15) is 11.6 Å². The molecule has 6 nitrogen and oxygen atoms in total. The molecule has 1 aromatic rings. The maximum Gasteiger partial charge on any atom is 0.189 e. The summed E-state index contributed by atoms with van der Waals surface area (Å²) in [4.78, 5) is 19.9. The standard InChI is InChI=1S/C18H23N5O/c1-6-14-19-18(23(24-5)13-10-8-7-9-11-13)15-17(22(14)4)21-16(20-15)12(2)3/h7-12H,6H2,1-5H3. The van der Waals surface area contributed by atoms with Crippen molar-refractivity contribution in [1.29, 1.82) is 0 Å². The zero-order valence-electron chi connectivity index (χ0n) is 14.8.